The topological polar surface area (TPSA) is 381 Å². The summed E-state index contributed by atoms with van der Waals surface area (Å²) in [4.78, 5) is 0.744. The molecule has 388 valence electrons. The normalized spacial score (nSPS) is 12.7. The highest BCUT2D eigenvalue weighted by molar-refractivity contribution is 7.95. The Balaban J connectivity index is 0.918. The summed E-state index contributed by atoms with van der Waals surface area (Å²) in [7, 11) is -13.2. The van der Waals surface area contributed by atoms with Crippen molar-refractivity contribution in [1.29, 1.82) is 0 Å². The number of phenolic OH excluding ortho intramolecular Hbond substituents is 1. The molecule has 27 nitrogen and oxygen atoms in total. The van der Waals surface area contributed by atoms with Crippen LogP contribution in [0.15, 0.2) is 154 Å². The van der Waals surface area contributed by atoms with Gasteiger partial charge >= 0.3 is 0 Å². The van der Waals surface area contributed by atoms with Gasteiger partial charge in [0, 0.05) is 37.9 Å². The minimum atomic E-state index is -4.97. The minimum Gasteiger partial charge on any atom is -0.505 e. The molecule has 0 spiro atoms. The van der Waals surface area contributed by atoms with Crippen molar-refractivity contribution in [3.05, 3.63) is 115 Å². The maximum absolute atomic E-state index is 12.2. The largest absolute Gasteiger partial charge is 0.505 e. The third-order valence-electron chi connectivity index (χ3n) is 11.4. The predicted octanol–water partition coefficient (Wildman–Crippen LogP) is 10.1. The third kappa shape index (κ3) is 10.1. The zero-order valence-corrected chi connectivity index (χ0v) is 42.2. The first-order valence-corrected chi connectivity index (χ1v) is 26.8. The number of phenols is 1. The first-order valence-electron chi connectivity index (χ1n) is 21.0. The molecule has 0 fully saturated rings. The summed E-state index contributed by atoms with van der Waals surface area (Å²) in [5.74, 6) is -0.158. The molecule has 0 radical (unpaired) electrons. The first kappa shape index (κ1) is 51.8. The van der Waals surface area contributed by atoms with Gasteiger partial charge in [-0.05, 0) is 109 Å². The molecule has 10 aromatic rings. The Labute approximate surface area is 433 Å². The second-order valence-electron chi connectivity index (χ2n) is 16.0. The van der Waals surface area contributed by atoms with Crippen LogP contribution in [0, 0.1) is 6.92 Å². The van der Waals surface area contributed by atoms with Crippen molar-refractivity contribution in [2.75, 3.05) is 7.11 Å². The van der Waals surface area contributed by atoms with Gasteiger partial charge in [-0.2, -0.15) is 45.1 Å². The monoisotopic (exact) mass is 1130 g/mol. The van der Waals surface area contributed by atoms with E-state index in [0.29, 0.717) is 85.7 Å². The van der Waals surface area contributed by atoms with Gasteiger partial charge in [0.1, 0.15) is 44.1 Å². The standard InChI is InChI=1S/C44H30N10O17S5/c1-21-13-36(37(67-2)20-35(21)46-45-23-3-5-24(6-4-23)53-49-33-11-9-29-31(41(33)51-53)16-26(74(58,59)60)18-38(29)72-70-68-56)47-48-43-39(73-71-69-57)15-22-14-25(7-8-28(22)44(43)55)54-50-34-12-10-30-32(42(34)52-54)17-27(75(61,62)63)19-40(30)76(64,65)66/h3-20,55-57H,1-2H3,(H,58,59,60)(H,61,62,63)(H,64,65,66). The average molecular weight is 1130 g/mol. The average Bonchev–Trinajstić information content (AvgIpc) is 4.07. The van der Waals surface area contributed by atoms with Crippen LogP contribution in [0.2, 0.25) is 0 Å². The van der Waals surface area contributed by atoms with E-state index in [1.54, 1.807) is 61.5 Å². The van der Waals surface area contributed by atoms with Gasteiger partial charge < -0.3 is 9.84 Å². The molecular weight excluding hydrogens is 1100 g/mol. The molecule has 0 bridgehead atoms. The fraction of sp³-hybridized carbons (Fsp3) is 0.0455. The van der Waals surface area contributed by atoms with E-state index in [2.05, 4.69) is 55.3 Å². The number of nitrogens with zero attached hydrogens (tertiary/aromatic N) is 10. The number of hydrogen-bond donors (Lipinski definition) is 6. The quantitative estimate of drug-likeness (QED) is 0.0172. The molecule has 0 atom stereocenters. The zero-order chi connectivity index (χ0) is 53.8. The van der Waals surface area contributed by atoms with Crippen molar-refractivity contribution in [3.63, 3.8) is 0 Å². The Hall–Kier alpha value is -7.67. The van der Waals surface area contributed by atoms with E-state index in [9.17, 15) is 44.0 Å². The van der Waals surface area contributed by atoms with E-state index < -0.39 is 45.0 Å². The molecule has 76 heavy (non-hydrogen) atoms. The van der Waals surface area contributed by atoms with Gasteiger partial charge in [0.05, 0.1) is 68.6 Å². The number of methoxy groups -OCH3 is 1. The molecule has 32 heteroatoms. The van der Waals surface area contributed by atoms with E-state index in [1.165, 1.54) is 48.3 Å². The molecule has 0 saturated carbocycles. The van der Waals surface area contributed by atoms with Gasteiger partial charge in [-0.15, -0.1) is 39.3 Å². The van der Waals surface area contributed by atoms with Crippen LogP contribution in [0.25, 0.3) is 65.8 Å². The smallest absolute Gasteiger partial charge is 0.295 e. The summed E-state index contributed by atoms with van der Waals surface area (Å²) >= 11 is 0.995. The highest BCUT2D eigenvalue weighted by atomic mass is 32.2. The molecule has 2 aromatic heterocycles. The van der Waals surface area contributed by atoms with E-state index >= 15 is 0 Å². The van der Waals surface area contributed by atoms with Gasteiger partial charge in [-0.25, -0.2) is 10.5 Å². The van der Waals surface area contributed by atoms with Crippen LogP contribution in [-0.2, 0) is 49.1 Å². The fourth-order valence-corrected chi connectivity index (χ4v) is 10.9. The predicted molar refractivity (Wildman–Crippen MR) is 269 cm³/mol. The Bertz CT molecular complexity index is 4450. The van der Waals surface area contributed by atoms with Gasteiger partial charge in [-0.1, -0.05) is 22.2 Å². The van der Waals surface area contributed by atoms with E-state index in [1.807, 2.05) is 0 Å². The number of rotatable bonds is 16. The second kappa shape index (κ2) is 20.1. The number of benzene rings is 8. The molecule has 0 unspecified atom stereocenters. The lowest BCUT2D eigenvalue weighted by molar-refractivity contribution is -0.432. The zero-order valence-electron chi connectivity index (χ0n) is 38.1. The van der Waals surface area contributed by atoms with Crippen LogP contribution in [0.1, 0.15) is 5.56 Å². The summed E-state index contributed by atoms with van der Waals surface area (Å²) in [5.41, 5.74) is 3.23. The number of aromatic nitrogens is 6. The van der Waals surface area contributed by atoms with Crippen molar-refractivity contribution in [2.24, 2.45) is 20.5 Å². The molecule has 10 rings (SSSR count). The van der Waals surface area contributed by atoms with E-state index in [4.69, 9.17) is 19.6 Å². The summed E-state index contributed by atoms with van der Waals surface area (Å²) in [6.07, 6.45) is 0. The first-order chi connectivity index (χ1) is 36.2. The van der Waals surface area contributed by atoms with Crippen LogP contribution >= 0.6 is 24.1 Å². The fourth-order valence-electron chi connectivity index (χ4n) is 7.92. The lowest BCUT2D eigenvalue weighted by atomic mass is 10.1. The maximum atomic E-state index is 12.2. The molecule has 8 aromatic carbocycles. The third-order valence-corrected chi connectivity index (χ3v) is 15.2. The number of aromatic hydroxyl groups is 1. The van der Waals surface area contributed by atoms with Crippen LogP contribution in [0.4, 0.5) is 22.7 Å². The molecule has 6 N–H and O–H groups in total. The molecule has 0 aliphatic carbocycles. The lowest BCUT2D eigenvalue weighted by Gasteiger charge is -2.11. The Kier molecular flexibility index (Phi) is 13.7. The number of fused-ring (bicyclic) bond motifs is 7. The van der Waals surface area contributed by atoms with E-state index in [-0.39, 0.29) is 59.9 Å². The molecule has 0 aliphatic rings. The molecule has 0 amide bonds. The van der Waals surface area contributed by atoms with E-state index in [0.717, 1.165) is 16.9 Å². The van der Waals surface area contributed by atoms with Crippen molar-refractivity contribution < 1.29 is 78.0 Å². The van der Waals surface area contributed by atoms with Crippen LogP contribution in [0.3, 0.4) is 0 Å². The number of hydrogen-bond acceptors (Lipinski definition) is 24. The summed E-state index contributed by atoms with van der Waals surface area (Å²) in [6.45, 7) is 1.74. The molecule has 2 heterocycles. The van der Waals surface area contributed by atoms with Crippen molar-refractivity contribution in [2.45, 2.75) is 31.4 Å². The summed E-state index contributed by atoms with van der Waals surface area (Å²) in [5, 5.41) is 73.5. The highest BCUT2D eigenvalue weighted by Crippen LogP contribution is 2.46. The minimum absolute atomic E-state index is 0.0175. The van der Waals surface area contributed by atoms with Gasteiger partial charge in [0.15, 0.2) is 5.75 Å². The Morgan fingerprint density at radius 2 is 1.11 bits per heavy atom. The molecule has 0 saturated heterocycles. The number of aryl methyl sites for hydroxylation is 1. The summed E-state index contributed by atoms with van der Waals surface area (Å²) in [6, 6.07) is 26.0. The van der Waals surface area contributed by atoms with Crippen molar-refractivity contribution in [3.8, 4) is 22.9 Å². The summed E-state index contributed by atoms with van der Waals surface area (Å²) < 4.78 is 117. The Morgan fingerprint density at radius 1 is 0.539 bits per heavy atom. The van der Waals surface area contributed by atoms with Crippen LogP contribution < -0.4 is 4.74 Å². The van der Waals surface area contributed by atoms with Crippen molar-refractivity contribution in [1.82, 2.24) is 30.0 Å². The molecular formula is C44H30N10O17S5. The van der Waals surface area contributed by atoms with Crippen molar-refractivity contribution >= 4 is 132 Å². The Morgan fingerprint density at radius 3 is 1.72 bits per heavy atom. The molecule has 0 aliphatic heterocycles. The van der Waals surface area contributed by atoms with Gasteiger partial charge in [0.25, 0.3) is 30.4 Å². The second-order valence-corrected chi connectivity index (χ2v) is 21.7. The number of ether oxygens (including phenoxy) is 1. The van der Waals surface area contributed by atoms with Gasteiger partial charge in [0.2, 0.25) is 0 Å². The highest BCUT2D eigenvalue weighted by Gasteiger charge is 2.24. The van der Waals surface area contributed by atoms with Crippen LogP contribution in [-0.4, -0.2) is 91.6 Å². The SMILES string of the molecule is COc1cc(N=Nc2ccc(-n3nc4ccc5c(SOOO)cc(S(=O)(=O)O)cc5c4n3)cc2)c(C)cc1N=Nc1c(SOOO)cc2cc(-n3nc4ccc5c(S(=O)(=O)O)cc(S(=O)(=O)O)cc5c4n3)ccc2c1O. The number of azo groups is 2. The lowest BCUT2D eigenvalue weighted by Crippen LogP contribution is -2.04. The van der Waals surface area contributed by atoms with Gasteiger partial charge in [-0.3, -0.25) is 13.7 Å². The van der Waals surface area contributed by atoms with Crippen LogP contribution in [0.5, 0.6) is 11.5 Å². The maximum Gasteiger partial charge on any atom is 0.295 e.